The fourth-order valence-electron chi connectivity index (χ4n) is 2.69. The van der Waals surface area contributed by atoms with Gasteiger partial charge in [0, 0.05) is 18.4 Å². The molecule has 0 bridgehead atoms. The number of nitrogens with zero attached hydrogens (tertiary/aromatic N) is 2. The minimum atomic E-state index is -1.35. The molecule has 0 saturated carbocycles. The first-order valence-corrected chi connectivity index (χ1v) is 9.45. The molecule has 4 nitrogen and oxygen atoms in total. The van der Waals surface area contributed by atoms with Gasteiger partial charge in [-0.05, 0) is 42.7 Å². The molecule has 3 aromatic rings. The minimum absolute atomic E-state index is 0.187. The molecule has 2 atom stereocenters. The summed E-state index contributed by atoms with van der Waals surface area (Å²) in [6.07, 6.45) is 3.79. The van der Waals surface area contributed by atoms with Crippen LogP contribution in [0.4, 0.5) is 0 Å². The molecule has 5 heteroatoms. The Kier molecular flexibility index (Phi) is 5.90. The van der Waals surface area contributed by atoms with Gasteiger partial charge >= 0.3 is 0 Å². The molecular weight excluding hydrogens is 342 g/mol. The Morgan fingerprint density at radius 3 is 2.54 bits per heavy atom. The van der Waals surface area contributed by atoms with Crippen LogP contribution in [0.5, 0.6) is 0 Å². The molecule has 2 aromatic carbocycles. The van der Waals surface area contributed by atoms with Gasteiger partial charge in [-0.1, -0.05) is 48.0 Å². The number of benzene rings is 2. The van der Waals surface area contributed by atoms with Crippen molar-refractivity contribution in [1.82, 2.24) is 9.71 Å². The van der Waals surface area contributed by atoms with E-state index in [-0.39, 0.29) is 6.04 Å². The number of hydrogen-bond donors (Lipinski definition) is 1. The predicted octanol–water partition coefficient (Wildman–Crippen LogP) is 3.86. The second-order valence-corrected chi connectivity index (χ2v) is 7.26. The van der Waals surface area contributed by atoms with E-state index in [1.807, 2.05) is 67.6 Å². The number of nitriles is 1. The van der Waals surface area contributed by atoms with E-state index < -0.39 is 11.0 Å². The van der Waals surface area contributed by atoms with Gasteiger partial charge in [0.15, 0.2) is 0 Å². The van der Waals surface area contributed by atoms with Crippen LogP contribution in [0.15, 0.2) is 78.0 Å². The van der Waals surface area contributed by atoms with Crippen molar-refractivity contribution in [3.63, 3.8) is 0 Å². The Morgan fingerprint density at radius 1 is 1.12 bits per heavy atom. The molecule has 1 aromatic heterocycles. The highest BCUT2D eigenvalue weighted by Gasteiger charge is 2.17. The predicted molar refractivity (Wildman–Crippen MR) is 103 cm³/mol. The summed E-state index contributed by atoms with van der Waals surface area (Å²) in [5.74, 6) is 0. The number of hydrogen-bond acceptors (Lipinski definition) is 3. The molecule has 0 aliphatic heterocycles. The number of aryl methyl sites for hydroxylation is 1. The normalized spacial score (nSPS) is 12.9. The highest BCUT2D eigenvalue weighted by Crippen LogP contribution is 2.22. The number of aromatic nitrogens is 1. The van der Waals surface area contributed by atoms with Gasteiger partial charge in [0.2, 0.25) is 0 Å². The van der Waals surface area contributed by atoms with Crippen LogP contribution in [0.3, 0.4) is 0 Å². The van der Waals surface area contributed by atoms with Gasteiger partial charge in [-0.2, -0.15) is 5.26 Å². The standard InChI is InChI=1S/C21H19N3OS/c1-16-7-9-20(10-8-16)26(25)24-21(17-5-3-2-4-6-17)13-18-11-12-23-15-19(18)14-22/h2-12,15,21,24H,13H2,1H3. The first kappa shape index (κ1) is 18.0. The Balaban J connectivity index is 1.88. The monoisotopic (exact) mass is 361 g/mol. The molecule has 0 amide bonds. The maximum atomic E-state index is 12.8. The first-order chi connectivity index (χ1) is 12.7. The van der Waals surface area contributed by atoms with E-state index in [1.54, 1.807) is 12.4 Å². The van der Waals surface area contributed by atoms with E-state index in [9.17, 15) is 9.47 Å². The fraction of sp³-hybridized carbons (Fsp3) is 0.143. The molecule has 1 heterocycles. The largest absolute Gasteiger partial charge is 0.263 e. The minimum Gasteiger partial charge on any atom is -0.263 e. The molecule has 0 saturated heterocycles. The van der Waals surface area contributed by atoms with Crippen molar-refractivity contribution in [3.8, 4) is 6.07 Å². The lowest BCUT2D eigenvalue weighted by molar-refractivity contribution is 0.623. The van der Waals surface area contributed by atoms with E-state index in [2.05, 4.69) is 15.8 Å². The van der Waals surface area contributed by atoms with Crippen molar-refractivity contribution < 1.29 is 4.21 Å². The summed E-state index contributed by atoms with van der Waals surface area (Å²) in [5, 5.41) is 9.32. The van der Waals surface area contributed by atoms with Crippen LogP contribution >= 0.6 is 0 Å². The van der Waals surface area contributed by atoms with Crippen molar-refractivity contribution in [1.29, 1.82) is 5.26 Å². The average molecular weight is 361 g/mol. The van der Waals surface area contributed by atoms with E-state index in [0.29, 0.717) is 12.0 Å². The van der Waals surface area contributed by atoms with Crippen molar-refractivity contribution in [3.05, 3.63) is 95.3 Å². The molecule has 130 valence electrons. The summed E-state index contributed by atoms with van der Waals surface area (Å²) in [6, 6.07) is 21.3. The van der Waals surface area contributed by atoms with Crippen molar-refractivity contribution in [2.75, 3.05) is 0 Å². The van der Waals surface area contributed by atoms with Crippen LogP contribution < -0.4 is 4.72 Å². The average Bonchev–Trinajstić information content (AvgIpc) is 2.69. The van der Waals surface area contributed by atoms with Crippen molar-refractivity contribution in [2.24, 2.45) is 0 Å². The molecule has 2 unspecified atom stereocenters. The molecular formula is C21H19N3OS. The van der Waals surface area contributed by atoms with E-state index in [1.165, 1.54) is 0 Å². The summed E-state index contributed by atoms with van der Waals surface area (Å²) in [5.41, 5.74) is 3.57. The van der Waals surface area contributed by atoms with Crippen molar-refractivity contribution >= 4 is 11.0 Å². The molecule has 0 radical (unpaired) electrons. The zero-order valence-corrected chi connectivity index (χ0v) is 15.2. The van der Waals surface area contributed by atoms with E-state index >= 15 is 0 Å². The third-order valence-corrected chi connectivity index (χ3v) is 5.34. The van der Waals surface area contributed by atoms with Crippen LogP contribution in [0.2, 0.25) is 0 Å². The molecule has 3 rings (SSSR count). The van der Waals surface area contributed by atoms with Gasteiger partial charge in [0.25, 0.3) is 0 Å². The van der Waals surface area contributed by atoms with Crippen molar-refractivity contribution in [2.45, 2.75) is 24.3 Å². The van der Waals surface area contributed by atoms with Gasteiger partial charge in [-0.25, -0.2) is 8.93 Å². The first-order valence-electron chi connectivity index (χ1n) is 8.30. The van der Waals surface area contributed by atoms with Crippen LogP contribution in [0.25, 0.3) is 0 Å². The second kappa shape index (κ2) is 8.52. The van der Waals surface area contributed by atoms with Gasteiger partial charge in [0.1, 0.15) is 17.1 Å². The van der Waals surface area contributed by atoms with Crippen LogP contribution in [0.1, 0.15) is 28.3 Å². The molecule has 0 aliphatic carbocycles. The number of nitrogens with one attached hydrogen (secondary N) is 1. The summed E-state index contributed by atoms with van der Waals surface area (Å²) in [4.78, 5) is 4.74. The zero-order valence-electron chi connectivity index (χ0n) is 14.4. The fourth-order valence-corrected chi connectivity index (χ4v) is 3.69. The lowest BCUT2D eigenvalue weighted by Gasteiger charge is -2.19. The van der Waals surface area contributed by atoms with Gasteiger partial charge < -0.3 is 0 Å². The Hall–Kier alpha value is -2.81. The second-order valence-electron chi connectivity index (χ2n) is 6.01. The van der Waals surface area contributed by atoms with Gasteiger partial charge in [-0.15, -0.1) is 0 Å². The Bertz CT molecular complexity index is 933. The van der Waals surface area contributed by atoms with E-state index in [0.717, 1.165) is 21.6 Å². The molecule has 1 N–H and O–H groups in total. The van der Waals surface area contributed by atoms with Crippen LogP contribution in [0, 0.1) is 18.3 Å². The Labute approximate surface area is 156 Å². The quantitative estimate of drug-likeness (QED) is 0.725. The van der Waals surface area contributed by atoms with E-state index in [4.69, 9.17) is 0 Å². The molecule has 0 fully saturated rings. The Morgan fingerprint density at radius 2 is 1.85 bits per heavy atom. The highest BCUT2D eigenvalue weighted by atomic mass is 32.2. The van der Waals surface area contributed by atoms with Gasteiger partial charge in [0.05, 0.1) is 10.5 Å². The highest BCUT2D eigenvalue weighted by molar-refractivity contribution is 7.83. The summed E-state index contributed by atoms with van der Waals surface area (Å²) in [7, 11) is -1.35. The summed E-state index contributed by atoms with van der Waals surface area (Å²) < 4.78 is 16.0. The topological polar surface area (TPSA) is 65.8 Å². The van der Waals surface area contributed by atoms with Gasteiger partial charge in [-0.3, -0.25) is 4.98 Å². The zero-order chi connectivity index (χ0) is 18.4. The number of pyridine rings is 1. The summed E-state index contributed by atoms with van der Waals surface area (Å²) in [6.45, 7) is 2.00. The summed E-state index contributed by atoms with van der Waals surface area (Å²) >= 11 is 0. The lowest BCUT2D eigenvalue weighted by Crippen LogP contribution is -2.26. The molecule has 26 heavy (non-hydrogen) atoms. The maximum Gasteiger partial charge on any atom is 0.125 e. The number of rotatable bonds is 6. The molecule has 0 spiro atoms. The molecule has 0 aliphatic rings. The smallest absolute Gasteiger partial charge is 0.125 e. The maximum absolute atomic E-state index is 12.8. The third-order valence-electron chi connectivity index (χ3n) is 4.14. The third kappa shape index (κ3) is 4.42. The lowest BCUT2D eigenvalue weighted by atomic mass is 9.98. The van der Waals surface area contributed by atoms with Crippen LogP contribution in [-0.2, 0) is 17.4 Å². The SMILES string of the molecule is Cc1ccc(S(=O)NC(Cc2ccncc2C#N)c2ccccc2)cc1. The van der Waals surface area contributed by atoms with Crippen LogP contribution in [-0.4, -0.2) is 9.19 Å².